The highest BCUT2D eigenvalue weighted by Gasteiger charge is 2.15. The van der Waals surface area contributed by atoms with E-state index in [0.29, 0.717) is 21.4 Å². The number of aromatic nitrogens is 2. The van der Waals surface area contributed by atoms with E-state index in [1.54, 1.807) is 54.6 Å². The van der Waals surface area contributed by atoms with Gasteiger partial charge in [-0.3, -0.25) is 0 Å². The third kappa shape index (κ3) is 3.47. The van der Waals surface area contributed by atoms with Gasteiger partial charge in [0.1, 0.15) is 5.82 Å². The molecule has 3 aromatic rings. The summed E-state index contributed by atoms with van der Waals surface area (Å²) in [6.45, 7) is 0. The molecular formula is C16H12Cl2N4O. The zero-order valence-electron chi connectivity index (χ0n) is 11.8. The van der Waals surface area contributed by atoms with Crippen molar-refractivity contribution in [1.29, 1.82) is 0 Å². The Hall–Kier alpha value is -2.50. The normalized spacial score (nSPS) is 10.5. The Morgan fingerprint density at radius 2 is 1.57 bits per heavy atom. The number of halogens is 2. The minimum absolute atomic E-state index is 0.251. The van der Waals surface area contributed by atoms with Gasteiger partial charge in [-0.05, 0) is 36.4 Å². The van der Waals surface area contributed by atoms with Crippen molar-refractivity contribution in [2.75, 3.05) is 11.1 Å². The summed E-state index contributed by atoms with van der Waals surface area (Å²) < 4.78 is 1.22. The summed E-state index contributed by atoms with van der Waals surface area (Å²) in [7, 11) is 0. The molecule has 7 heteroatoms. The van der Waals surface area contributed by atoms with Gasteiger partial charge in [0.15, 0.2) is 0 Å². The Kier molecular flexibility index (Phi) is 4.23. The van der Waals surface area contributed by atoms with Crippen molar-refractivity contribution in [3.05, 3.63) is 64.6 Å². The molecule has 0 aliphatic heterocycles. The first-order valence-corrected chi connectivity index (χ1v) is 7.47. The second-order valence-corrected chi connectivity index (χ2v) is 5.68. The quantitative estimate of drug-likeness (QED) is 0.716. The molecular weight excluding hydrogens is 335 g/mol. The number of nitrogens with two attached hydrogens (primary N) is 1. The lowest BCUT2D eigenvalue weighted by Crippen LogP contribution is -2.21. The maximum Gasteiger partial charge on any atom is 0.347 e. The number of carbonyl (C=O) groups excluding carboxylic acids is 1. The average molecular weight is 347 g/mol. The maximum atomic E-state index is 12.4. The van der Waals surface area contributed by atoms with E-state index in [9.17, 15) is 4.79 Å². The number of nitrogens with zero attached hydrogens (tertiary/aromatic N) is 2. The predicted octanol–water partition coefficient (Wildman–Crippen LogP) is 4.52. The van der Waals surface area contributed by atoms with Crippen LogP contribution in [0.1, 0.15) is 0 Å². The number of nitrogen functional groups attached to an aromatic ring is 1. The van der Waals surface area contributed by atoms with Gasteiger partial charge in [-0.15, -0.1) is 5.10 Å². The predicted molar refractivity (Wildman–Crippen MR) is 93.0 cm³/mol. The first-order valence-electron chi connectivity index (χ1n) is 6.71. The molecule has 0 saturated carbocycles. The average Bonchev–Trinajstić information content (AvgIpc) is 2.92. The van der Waals surface area contributed by atoms with Gasteiger partial charge in [0, 0.05) is 27.4 Å². The number of anilines is 2. The molecule has 0 unspecified atom stereocenters. The van der Waals surface area contributed by atoms with E-state index < -0.39 is 6.03 Å². The molecule has 3 rings (SSSR count). The zero-order chi connectivity index (χ0) is 16.4. The van der Waals surface area contributed by atoms with Crippen LogP contribution in [0.3, 0.4) is 0 Å². The lowest BCUT2D eigenvalue weighted by molar-refractivity contribution is 0.251. The minimum Gasteiger partial charge on any atom is -0.382 e. The van der Waals surface area contributed by atoms with Gasteiger partial charge in [0.25, 0.3) is 0 Å². The van der Waals surface area contributed by atoms with Gasteiger partial charge in [0.2, 0.25) is 0 Å². The molecule has 0 saturated heterocycles. The summed E-state index contributed by atoms with van der Waals surface area (Å²) in [6, 6.07) is 15.1. The van der Waals surface area contributed by atoms with Gasteiger partial charge in [-0.1, -0.05) is 35.3 Å². The fourth-order valence-electron chi connectivity index (χ4n) is 2.09. The highest BCUT2D eigenvalue weighted by atomic mass is 35.5. The fourth-order valence-corrected chi connectivity index (χ4v) is 2.34. The number of nitrogens with one attached hydrogen (secondary N) is 1. The Bertz CT molecular complexity index is 842. The third-order valence-corrected chi connectivity index (χ3v) is 3.66. The molecule has 5 nitrogen and oxygen atoms in total. The first-order chi connectivity index (χ1) is 11.0. The molecule has 0 bridgehead atoms. The van der Waals surface area contributed by atoms with Gasteiger partial charge in [-0.25, -0.2) is 4.79 Å². The summed E-state index contributed by atoms with van der Waals surface area (Å²) >= 11 is 11.7. The van der Waals surface area contributed by atoms with Crippen molar-refractivity contribution in [1.82, 2.24) is 9.78 Å². The van der Waals surface area contributed by atoms with E-state index >= 15 is 0 Å². The number of rotatable bonds is 2. The Labute approximate surface area is 142 Å². The van der Waals surface area contributed by atoms with Crippen LogP contribution in [0.15, 0.2) is 54.6 Å². The van der Waals surface area contributed by atoms with Crippen LogP contribution in [0.25, 0.3) is 11.3 Å². The summed E-state index contributed by atoms with van der Waals surface area (Å²) in [5.74, 6) is 0.251. The molecule has 3 N–H and O–H groups in total. The SMILES string of the molecule is Nc1cc(-c2ccc(Cl)cc2)n(C(=O)Nc2ccc(Cl)cc2)n1. The van der Waals surface area contributed by atoms with Crippen LogP contribution in [0, 0.1) is 0 Å². The number of carbonyl (C=O) groups is 1. The van der Waals surface area contributed by atoms with Crippen LogP contribution in [-0.2, 0) is 0 Å². The molecule has 2 aromatic carbocycles. The van der Waals surface area contributed by atoms with Crippen LogP contribution in [-0.4, -0.2) is 15.8 Å². The van der Waals surface area contributed by atoms with Crippen LogP contribution in [0.4, 0.5) is 16.3 Å². The van der Waals surface area contributed by atoms with Crippen LogP contribution >= 0.6 is 23.2 Å². The Balaban J connectivity index is 1.91. The van der Waals surface area contributed by atoms with Crippen molar-refractivity contribution in [3.8, 4) is 11.3 Å². The standard InChI is InChI=1S/C16H12Cl2N4O/c17-11-3-1-10(2-4-11)14-9-15(19)21-22(14)16(23)20-13-7-5-12(18)6-8-13/h1-9H,(H2,19,21)(H,20,23). The van der Waals surface area contributed by atoms with E-state index in [2.05, 4.69) is 10.4 Å². The molecule has 0 aliphatic rings. The number of benzene rings is 2. The maximum absolute atomic E-state index is 12.4. The van der Waals surface area contributed by atoms with E-state index in [1.807, 2.05) is 0 Å². The third-order valence-electron chi connectivity index (χ3n) is 3.16. The number of amides is 1. The zero-order valence-corrected chi connectivity index (χ0v) is 13.3. The van der Waals surface area contributed by atoms with Crippen molar-refractivity contribution >= 4 is 40.7 Å². The fraction of sp³-hybridized carbons (Fsp3) is 0. The molecule has 1 aromatic heterocycles. The lowest BCUT2D eigenvalue weighted by Gasteiger charge is -2.08. The van der Waals surface area contributed by atoms with Gasteiger partial charge >= 0.3 is 6.03 Å². The topological polar surface area (TPSA) is 72.9 Å². The van der Waals surface area contributed by atoms with Crippen molar-refractivity contribution < 1.29 is 4.79 Å². The molecule has 1 amide bonds. The summed E-state index contributed by atoms with van der Waals surface area (Å²) in [4.78, 5) is 12.4. The molecule has 0 spiro atoms. The number of hydrogen-bond donors (Lipinski definition) is 2. The van der Waals surface area contributed by atoms with Gasteiger partial charge < -0.3 is 11.1 Å². The van der Waals surface area contributed by atoms with Gasteiger partial charge in [-0.2, -0.15) is 4.68 Å². The molecule has 0 radical (unpaired) electrons. The van der Waals surface area contributed by atoms with Gasteiger partial charge in [0.05, 0.1) is 5.69 Å². The second kappa shape index (κ2) is 6.32. The van der Waals surface area contributed by atoms with E-state index in [1.165, 1.54) is 4.68 Å². The van der Waals surface area contributed by atoms with E-state index in [-0.39, 0.29) is 5.82 Å². The molecule has 1 heterocycles. The van der Waals surface area contributed by atoms with E-state index in [0.717, 1.165) is 5.56 Å². The van der Waals surface area contributed by atoms with Crippen LogP contribution < -0.4 is 11.1 Å². The van der Waals surface area contributed by atoms with Crippen LogP contribution in [0.5, 0.6) is 0 Å². The van der Waals surface area contributed by atoms with Crippen molar-refractivity contribution in [3.63, 3.8) is 0 Å². The number of hydrogen-bond acceptors (Lipinski definition) is 3. The first kappa shape index (κ1) is 15.4. The van der Waals surface area contributed by atoms with E-state index in [4.69, 9.17) is 28.9 Å². The molecule has 23 heavy (non-hydrogen) atoms. The lowest BCUT2D eigenvalue weighted by atomic mass is 10.1. The van der Waals surface area contributed by atoms with Crippen molar-refractivity contribution in [2.24, 2.45) is 0 Å². The van der Waals surface area contributed by atoms with Crippen molar-refractivity contribution in [2.45, 2.75) is 0 Å². The minimum atomic E-state index is -0.422. The Morgan fingerprint density at radius 3 is 2.17 bits per heavy atom. The molecule has 0 atom stereocenters. The smallest absolute Gasteiger partial charge is 0.347 e. The highest BCUT2D eigenvalue weighted by Crippen LogP contribution is 2.24. The highest BCUT2D eigenvalue weighted by molar-refractivity contribution is 6.30. The molecule has 0 aliphatic carbocycles. The molecule has 116 valence electrons. The molecule has 0 fully saturated rings. The summed E-state index contributed by atoms with van der Waals surface area (Å²) in [5, 5.41) is 7.99. The summed E-state index contributed by atoms with van der Waals surface area (Å²) in [6.07, 6.45) is 0. The summed E-state index contributed by atoms with van der Waals surface area (Å²) in [5.41, 5.74) is 7.71. The van der Waals surface area contributed by atoms with Crippen LogP contribution in [0.2, 0.25) is 10.0 Å². The largest absolute Gasteiger partial charge is 0.382 e. The monoisotopic (exact) mass is 346 g/mol. The second-order valence-electron chi connectivity index (χ2n) is 4.81. The Morgan fingerprint density at radius 1 is 1.00 bits per heavy atom.